The van der Waals surface area contributed by atoms with Crippen LogP contribution >= 0.6 is 0 Å². The van der Waals surface area contributed by atoms with E-state index in [1.807, 2.05) is 4.90 Å². The molecule has 8 nitrogen and oxygen atoms in total. The molecule has 3 rings (SSSR count). The summed E-state index contributed by atoms with van der Waals surface area (Å²) in [6.45, 7) is 3.67. The fourth-order valence-electron chi connectivity index (χ4n) is 4.41. The van der Waals surface area contributed by atoms with Crippen molar-refractivity contribution >= 4 is 17.9 Å². The zero-order valence-corrected chi connectivity index (χ0v) is 15.5. The van der Waals surface area contributed by atoms with Gasteiger partial charge in [0.05, 0.1) is 13.0 Å². The maximum absolute atomic E-state index is 13.2. The van der Waals surface area contributed by atoms with Crippen LogP contribution < -0.4 is 5.32 Å². The lowest BCUT2D eigenvalue weighted by atomic mass is 9.71. The van der Waals surface area contributed by atoms with Gasteiger partial charge in [0.2, 0.25) is 5.91 Å². The number of carbonyl (C=O) groups excluding carboxylic acids is 3. The number of hydrogen-bond donors (Lipinski definition) is 1. The van der Waals surface area contributed by atoms with E-state index in [1.54, 1.807) is 4.90 Å². The number of methoxy groups -OCH3 is 1. The van der Waals surface area contributed by atoms with E-state index in [9.17, 15) is 14.4 Å². The smallest absolute Gasteiger partial charge is 0.325 e. The average Bonchev–Trinajstić information content (AvgIpc) is 3.05. The molecule has 0 aromatic heterocycles. The van der Waals surface area contributed by atoms with E-state index in [-0.39, 0.29) is 29.8 Å². The number of amides is 3. The van der Waals surface area contributed by atoms with Gasteiger partial charge in [-0.2, -0.15) is 0 Å². The van der Waals surface area contributed by atoms with E-state index >= 15 is 0 Å². The number of esters is 1. The van der Waals surface area contributed by atoms with Crippen LogP contribution in [0.15, 0.2) is 0 Å². The van der Waals surface area contributed by atoms with Crippen molar-refractivity contribution in [3.8, 4) is 0 Å². The Hall–Kier alpha value is -1.83. The molecule has 0 radical (unpaired) electrons. The molecule has 0 saturated carbocycles. The van der Waals surface area contributed by atoms with E-state index in [2.05, 4.69) is 10.1 Å². The highest BCUT2D eigenvalue weighted by atomic mass is 16.5. The van der Waals surface area contributed by atoms with Crippen molar-refractivity contribution < 1.29 is 23.9 Å². The third-order valence-corrected chi connectivity index (χ3v) is 6.00. The van der Waals surface area contributed by atoms with Crippen molar-refractivity contribution in [2.75, 3.05) is 53.0 Å². The number of hydrogen-bond acceptors (Lipinski definition) is 5. The zero-order valence-electron chi connectivity index (χ0n) is 15.5. The second-order valence-electron chi connectivity index (χ2n) is 7.53. The lowest BCUT2D eigenvalue weighted by molar-refractivity contribution is -0.141. The van der Waals surface area contributed by atoms with Gasteiger partial charge in [-0.15, -0.1) is 0 Å². The number of likely N-dealkylation sites (tertiary alicyclic amines) is 2. The molecule has 3 aliphatic rings. The SMILES string of the molecule is COC(=O)CNC(=O)N1CC(C(=O)N2CCCCC2)C2(CCOCC2)C1. The van der Waals surface area contributed by atoms with Gasteiger partial charge < -0.3 is 24.6 Å². The van der Waals surface area contributed by atoms with Crippen LogP contribution in [-0.4, -0.2) is 80.8 Å². The highest BCUT2D eigenvalue weighted by molar-refractivity contribution is 5.84. The number of rotatable bonds is 3. The van der Waals surface area contributed by atoms with Gasteiger partial charge >= 0.3 is 12.0 Å². The minimum atomic E-state index is -0.487. The molecule has 146 valence electrons. The minimum Gasteiger partial charge on any atom is -0.468 e. The van der Waals surface area contributed by atoms with Gasteiger partial charge in [-0.05, 0) is 32.1 Å². The minimum absolute atomic E-state index is 0.160. The zero-order chi connectivity index (χ0) is 18.6. The number of piperidine rings is 1. The Kier molecular flexibility index (Phi) is 6.01. The van der Waals surface area contributed by atoms with Gasteiger partial charge in [-0.1, -0.05) is 0 Å². The Morgan fingerprint density at radius 3 is 2.46 bits per heavy atom. The molecule has 0 aliphatic carbocycles. The van der Waals surface area contributed by atoms with E-state index in [0.29, 0.717) is 26.3 Å². The number of nitrogens with zero attached hydrogens (tertiary/aromatic N) is 2. The van der Waals surface area contributed by atoms with Crippen LogP contribution in [0.25, 0.3) is 0 Å². The Bertz CT molecular complexity index is 541. The van der Waals surface area contributed by atoms with Crippen LogP contribution in [0.4, 0.5) is 4.79 Å². The highest BCUT2D eigenvalue weighted by Gasteiger charge is 2.52. The van der Waals surface area contributed by atoms with Crippen LogP contribution in [-0.2, 0) is 19.1 Å². The summed E-state index contributed by atoms with van der Waals surface area (Å²) in [7, 11) is 1.29. The van der Waals surface area contributed by atoms with Crippen LogP contribution in [0.1, 0.15) is 32.1 Å². The highest BCUT2D eigenvalue weighted by Crippen LogP contribution is 2.45. The van der Waals surface area contributed by atoms with E-state index < -0.39 is 5.97 Å². The van der Waals surface area contributed by atoms with Crippen molar-refractivity contribution in [3.05, 3.63) is 0 Å². The molecule has 3 fully saturated rings. The fourth-order valence-corrected chi connectivity index (χ4v) is 4.41. The second kappa shape index (κ2) is 8.24. The molecule has 26 heavy (non-hydrogen) atoms. The van der Waals surface area contributed by atoms with E-state index in [1.165, 1.54) is 13.5 Å². The summed E-state index contributed by atoms with van der Waals surface area (Å²) in [5, 5.41) is 2.59. The third kappa shape index (κ3) is 3.95. The molecule has 8 heteroatoms. The third-order valence-electron chi connectivity index (χ3n) is 6.00. The van der Waals surface area contributed by atoms with Gasteiger partial charge in [-0.25, -0.2) is 4.79 Å². The van der Waals surface area contributed by atoms with Gasteiger partial charge in [0, 0.05) is 44.8 Å². The normalized spacial score (nSPS) is 25.2. The Morgan fingerprint density at radius 2 is 1.81 bits per heavy atom. The van der Waals surface area contributed by atoms with Crippen LogP contribution in [0.5, 0.6) is 0 Å². The molecule has 3 aliphatic heterocycles. The molecular weight excluding hydrogens is 338 g/mol. The molecule has 3 saturated heterocycles. The molecule has 0 aromatic carbocycles. The Balaban J connectivity index is 1.70. The first-order chi connectivity index (χ1) is 12.6. The van der Waals surface area contributed by atoms with Crippen molar-refractivity contribution in [2.24, 2.45) is 11.3 Å². The standard InChI is InChI=1S/C18H29N3O5/c1-25-15(22)11-19-17(24)21-12-14(16(23)20-7-3-2-4-8-20)18(13-21)5-9-26-10-6-18/h14H,2-13H2,1H3,(H,19,24). The van der Waals surface area contributed by atoms with E-state index in [4.69, 9.17) is 4.74 Å². The van der Waals surface area contributed by atoms with Crippen LogP contribution in [0, 0.1) is 11.3 Å². The first-order valence-electron chi connectivity index (χ1n) is 9.52. The molecule has 3 heterocycles. The van der Waals surface area contributed by atoms with Crippen molar-refractivity contribution in [2.45, 2.75) is 32.1 Å². The topological polar surface area (TPSA) is 88.2 Å². The number of urea groups is 1. The molecule has 0 aromatic rings. The predicted molar refractivity (Wildman–Crippen MR) is 93.4 cm³/mol. The monoisotopic (exact) mass is 367 g/mol. The first kappa shape index (κ1) is 18.9. The molecule has 1 atom stereocenters. The second-order valence-corrected chi connectivity index (χ2v) is 7.53. The molecule has 3 amide bonds. The predicted octanol–water partition coefficient (Wildman–Crippen LogP) is 0.610. The average molecular weight is 367 g/mol. The molecule has 1 spiro atoms. The largest absolute Gasteiger partial charge is 0.468 e. The lowest BCUT2D eigenvalue weighted by Gasteiger charge is -2.39. The van der Waals surface area contributed by atoms with Gasteiger partial charge in [0.1, 0.15) is 6.54 Å². The van der Waals surface area contributed by atoms with Crippen molar-refractivity contribution in [3.63, 3.8) is 0 Å². The van der Waals surface area contributed by atoms with E-state index in [0.717, 1.165) is 38.8 Å². The summed E-state index contributed by atoms with van der Waals surface area (Å²) in [5.74, 6) is -0.498. The molecular formula is C18H29N3O5. The summed E-state index contributed by atoms with van der Waals surface area (Å²) in [6.07, 6.45) is 4.86. The summed E-state index contributed by atoms with van der Waals surface area (Å²) < 4.78 is 10.1. The summed E-state index contributed by atoms with van der Waals surface area (Å²) in [5.41, 5.74) is -0.213. The van der Waals surface area contributed by atoms with Gasteiger partial charge in [0.25, 0.3) is 0 Å². The van der Waals surface area contributed by atoms with Crippen molar-refractivity contribution in [1.29, 1.82) is 0 Å². The van der Waals surface area contributed by atoms with Crippen LogP contribution in [0.3, 0.4) is 0 Å². The maximum Gasteiger partial charge on any atom is 0.325 e. The fraction of sp³-hybridized carbons (Fsp3) is 0.833. The maximum atomic E-state index is 13.2. The summed E-state index contributed by atoms with van der Waals surface area (Å²) in [6, 6.07) is -0.310. The number of ether oxygens (including phenoxy) is 2. The Morgan fingerprint density at radius 1 is 1.12 bits per heavy atom. The van der Waals surface area contributed by atoms with Crippen molar-refractivity contribution in [1.82, 2.24) is 15.1 Å². The Labute approximate surface area is 154 Å². The first-order valence-corrected chi connectivity index (χ1v) is 9.52. The van der Waals surface area contributed by atoms with Crippen LogP contribution in [0.2, 0.25) is 0 Å². The molecule has 1 unspecified atom stereocenters. The molecule has 1 N–H and O–H groups in total. The lowest BCUT2D eigenvalue weighted by Crippen LogP contribution is -2.47. The summed E-state index contributed by atoms with van der Waals surface area (Å²) in [4.78, 5) is 40.6. The quantitative estimate of drug-likeness (QED) is 0.739. The summed E-state index contributed by atoms with van der Waals surface area (Å²) >= 11 is 0. The van der Waals surface area contributed by atoms with Gasteiger partial charge in [-0.3, -0.25) is 9.59 Å². The number of carbonyl (C=O) groups is 3. The van der Waals surface area contributed by atoms with Gasteiger partial charge in [0.15, 0.2) is 0 Å². The molecule has 0 bridgehead atoms. The number of nitrogens with one attached hydrogen (secondary N) is 1.